The van der Waals surface area contributed by atoms with E-state index in [1.54, 1.807) is 0 Å². The van der Waals surface area contributed by atoms with Crippen molar-refractivity contribution >= 4 is 86.8 Å². The number of hydrogen-bond donors (Lipinski definition) is 0. The Morgan fingerprint density at radius 1 is 0.917 bits per heavy atom. The molecular formula is C15H7Br4ClF2N2. The van der Waals surface area contributed by atoms with Crippen LogP contribution < -0.4 is 4.90 Å². The highest BCUT2D eigenvalue weighted by Crippen LogP contribution is 2.40. The fourth-order valence-corrected chi connectivity index (χ4v) is 5.70. The number of rotatable bonds is 2. The Hall–Kier alpha value is -0.0200. The highest BCUT2D eigenvalue weighted by Gasteiger charge is 2.31. The predicted octanol–water partition coefficient (Wildman–Crippen LogP) is 6.85. The van der Waals surface area contributed by atoms with Crippen molar-refractivity contribution < 1.29 is 8.78 Å². The summed E-state index contributed by atoms with van der Waals surface area (Å²) in [5.41, 5.74) is 0.886. The quantitative estimate of drug-likeness (QED) is 0.269. The zero-order valence-electron chi connectivity index (χ0n) is 11.6. The van der Waals surface area contributed by atoms with Gasteiger partial charge in [0, 0.05) is 23.5 Å². The first-order chi connectivity index (χ1) is 11.3. The standard InChI is InChI=1S/C15H7Br4ClF2N2/c16-8-1-6(21)2-9(17)13(8)15-23-12(20)5-24(15)14-10(18)3-7(22)4-11(14)19/h1-4,12H,5H2. The fraction of sp³-hybridized carbons (Fsp3) is 0.133. The highest BCUT2D eigenvalue weighted by molar-refractivity contribution is 9.11. The van der Waals surface area contributed by atoms with Crippen molar-refractivity contribution in [1.29, 1.82) is 0 Å². The second kappa shape index (κ2) is 7.31. The van der Waals surface area contributed by atoms with Gasteiger partial charge >= 0.3 is 0 Å². The molecule has 1 aliphatic heterocycles. The summed E-state index contributed by atoms with van der Waals surface area (Å²) < 4.78 is 29.3. The molecule has 3 rings (SSSR count). The van der Waals surface area contributed by atoms with Gasteiger partial charge in [0.15, 0.2) is 0 Å². The Kier molecular flexibility index (Phi) is 5.71. The van der Waals surface area contributed by atoms with Gasteiger partial charge in [-0.25, -0.2) is 13.8 Å². The molecule has 0 spiro atoms. The predicted molar refractivity (Wildman–Crippen MR) is 107 cm³/mol. The Labute approximate surface area is 175 Å². The lowest BCUT2D eigenvalue weighted by Crippen LogP contribution is -2.30. The molecule has 1 unspecified atom stereocenters. The van der Waals surface area contributed by atoms with E-state index in [9.17, 15) is 8.78 Å². The lowest BCUT2D eigenvalue weighted by molar-refractivity contribution is 0.625. The minimum absolute atomic E-state index is 0.373. The second-order valence-corrected chi connectivity index (χ2v) is 8.88. The molecule has 9 heteroatoms. The topological polar surface area (TPSA) is 15.6 Å². The second-order valence-electron chi connectivity index (χ2n) is 4.96. The van der Waals surface area contributed by atoms with Gasteiger partial charge < -0.3 is 4.90 Å². The Morgan fingerprint density at radius 3 is 1.88 bits per heavy atom. The van der Waals surface area contributed by atoms with Crippen molar-refractivity contribution in [1.82, 2.24) is 0 Å². The third-order valence-electron chi connectivity index (χ3n) is 3.33. The number of anilines is 1. The molecule has 0 bridgehead atoms. The van der Waals surface area contributed by atoms with Crippen LogP contribution in [0.15, 0.2) is 47.1 Å². The molecular weight excluding hydrogens is 601 g/mol. The van der Waals surface area contributed by atoms with Crippen molar-refractivity contribution in [2.45, 2.75) is 5.50 Å². The maximum absolute atomic E-state index is 13.6. The van der Waals surface area contributed by atoms with Crippen LogP contribution in [0.1, 0.15) is 5.56 Å². The average Bonchev–Trinajstić information content (AvgIpc) is 2.77. The smallest absolute Gasteiger partial charge is 0.144 e. The van der Waals surface area contributed by atoms with E-state index in [0.717, 1.165) is 0 Å². The zero-order chi connectivity index (χ0) is 17.6. The van der Waals surface area contributed by atoms with Crippen LogP contribution in [0.3, 0.4) is 0 Å². The summed E-state index contributed by atoms with van der Waals surface area (Å²) in [4.78, 5) is 6.32. The van der Waals surface area contributed by atoms with Gasteiger partial charge in [-0.05, 0) is 88.0 Å². The van der Waals surface area contributed by atoms with Crippen LogP contribution in [0.25, 0.3) is 0 Å². The van der Waals surface area contributed by atoms with Crippen LogP contribution >= 0.6 is 75.3 Å². The number of nitrogens with zero attached hydrogens (tertiary/aromatic N) is 2. The number of amidine groups is 1. The van der Waals surface area contributed by atoms with Crippen LogP contribution in [-0.2, 0) is 0 Å². The van der Waals surface area contributed by atoms with Gasteiger partial charge in [-0.15, -0.1) is 0 Å². The minimum Gasteiger partial charge on any atom is -0.321 e. The van der Waals surface area contributed by atoms with Gasteiger partial charge in [-0.2, -0.15) is 0 Å². The van der Waals surface area contributed by atoms with Crippen LogP contribution in [0.2, 0.25) is 0 Å². The molecule has 0 aromatic heterocycles. The first kappa shape index (κ1) is 18.8. The molecule has 1 aliphatic rings. The van der Waals surface area contributed by atoms with Crippen molar-refractivity contribution in [3.63, 3.8) is 0 Å². The lowest BCUT2D eigenvalue weighted by atomic mass is 10.1. The Balaban J connectivity index is 2.17. The molecule has 0 aliphatic carbocycles. The molecule has 0 fully saturated rings. The van der Waals surface area contributed by atoms with Gasteiger partial charge in [0.1, 0.15) is 23.0 Å². The van der Waals surface area contributed by atoms with Crippen LogP contribution in [-0.4, -0.2) is 17.9 Å². The molecule has 0 saturated carbocycles. The summed E-state index contributed by atoms with van der Waals surface area (Å²) in [7, 11) is 0. The molecule has 0 radical (unpaired) electrons. The van der Waals surface area contributed by atoms with Crippen LogP contribution in [0, 0.1) is 11.6 Å². The molecule has 1 heterocycles. The van der Waals surface area contributed by atoms with Gasteiger partial charge in [0.25, 0.3) is 0 Å². The van der Waals surface area contributed by atoms with E-state index in [0.29, 0.717) is 41.5 Å². The van der Waals surface area contributed by atoms with Crippen LogP contribution in [0.4, 0.5) is 14.5 Å². The molecule has 0 amide bonds. The summed E-state index contributed by atoms with van der Waals surface area (Å²) in [6.45, 7) is 0.399. The first-order valence-corrected chi connectivity index (χ1v) is 10.2. The van der Waals surface area contributed by atoms with Gasteiger partial charge in [0.05, 0.1) is 12.2 Å². The van der Waals surface area contributed by atoms with E-state index >= 15 is 0 Å². The SMILES string of the molecule is Fc1cc(Br)c(C2=NC(Cl)CN2c2c(Br)cc(F)cc2Br)c(Br)c1. The Bertz CT molecular complexity index is 813. The molecule has 2 nitrogen and oxygen atoms in total. The number of halogens is 7. The van der Waals surface area contributed by atoms with E-state index in [1.807, 2.05) is 4.90 Å². The molecule has 0 N–H and O–H groups in total. The molecule has 126 valence electrons. The number of alkyl halides is 1. The number of hydrogen-bond acceptors (Lipinski definition) is 2. The van der Waals surface area contributed by atoms with Gasteiger partial charge in [0.2, 0.25) is 0 Å². The van der Waals surface area contributed by atoms with E-state index in [1.165, 1.54) is 24.3 Å². The summed E-state index contributed by atoms with van der Waals surface area (Å²) in [5.74, 6) is -0.197. The van der Waals surface area contributed by atoms with E-state index in [2.05, 4.69) is 68.7 Å². The maximum Gasteiger partial charge on any atom is 0.144 e. The van der Waals surface area contributed by atoms with Gasteiger partial charge in [-0.1, -0.05) is 11.6 Å². The normalized spacial score (nSPS) is 17.4. The van der Waals surface area contributed by atoms with Crippen molar-refractivity contribution in [3.8, 4) is 0 Å². The van der Waals surface area contributed by atoms with E-state index in [4.69, 9.17) is 11.6 Å². The Morgan fingerprint density at radius 2 is 1.38 bits per heavy atom. The minimum atomic E-state index is -0.479. The summed E-state index contributed by atoms with van der Waals surface area (Å²) in [6.07, 6.45) is 0. The number of benzene rings is 2. The third-order valence-corrected chi connectivity index (χ3v) is 6.03. The number of aliphatic imine (C=N–C) groups is 1. The van der Waals surface area contributed by atoms with E-state index < -0.39 is 5.50 Å². The van der Waals surface area contributed by atoms with Gasteiger partial charge in [-0.3, -0.25) is 0 Å². The fourth-order valence-electron chi connectivity index (χ4n) is 2.43. The van der Waals surface area contributed by atoms with Crippen molar-refractivity contribution in [2.24, 2.45) is 4.99 Å². The van der Waals surface area contributed by atoms with Crippen molar-refractivity contribution in [2.75, 3.05) is 11.4 Å². The monoisotopic (exact) mass is 604 g/mol. The summed E-state index contributed by atoms with van der Waals surface area (Å²) >= 11 is 19.7. The average molecular weight is 608 g/mol. The lowest BCUT2D eigenvalue weighted by Gasteiger charge is -2.24. The maximum atomic E-state index is 13.6. The zero-order valence-corrected chi connectivity index (χ0v) is 18.7. The molecule has 1 atom stereocenters. The summed E-state index contributed by atoms with van der Waals surface area (Å²) in [6, 6.07) is 5.45. The first-order valence-electron chi connectivity index (χ1n) is 6.57. The summed E-state index contributed by atoms with van der Waals surface area (Å²) in [5, 5.41) is 0. The molecule has 2 aromatic rings. The molecule has 2 aromatic carbocycles. The molecule has 0 saturated heterocycles. The molecule has 24 heavy (non-hydrogen) atoms. The highest BCUT2D eigenvalue weighted by atomic mass is 79.9. The third kappa shape index (κ3) is 3.58. The largest absolute Gasteiger partial charge is 0.321 e. The van der Waals surface area contributed by atoms with Crippen LogP contribution in [0.5, 0.6) is 0 Å². The van der Waals surface area contributed by atoms with Crippen molar-refractivity contribution in [3.05, 3.63) is 59.4 Å². The van der Waals surface area contributed by atoms with E-state index in [-0.39, 0.29) is 11.6 Å².